The van der Waals surface area contributed by atoms with E-state index < -0.39 is 0 Å². The lowest BCUT2D eigenvalue weighted by molar-refractivity contribution is 0.0992. The molecule has 0 saturated carbocycles. The molecule has 0 aliphatic carbocycles. The molecule has 1 aromatic carbocycles. The van der Waals surface area contributed by atoms with Gasteiger partial charge in [-0.05, 0) is 40.8 Å². The monoisotopic (exact) mass is 404 g/mol. The van der Waals surface area contributed by atoms with Crippen molar-refractivity contribution in [3.05, 3.63) is 64.1 Å². The molecule has 0 bridgehead atoms. The second-order valence-corrected chi connectivity index (χ2v) is 5.77. The summed E-state index contributed by atoms with van der Waals surface area (Å²) in [7, 11) is 1.76. The summed E-state index contributed by atoms with van der Waals surface area (Å²) in [6, 6.07) is 13.4. The molecular weight excluding hydrogens is 391 g/mol. The lowest BCUT2D eigenvalue weighted by Crippen LogP contribution is -2.27. The van der Waals surface area contributed by atoms with Crippen molar-refractivity contribution in [2.45, 2.75) is 0 Å². The maximum atomic E-state index is 12.7. The van der Waals surface area contributed by atoms with Crippen LogP contribution >= 0.6 is 22.6 Å². The fourth-order valence-corrected chi connectivity index (χ4v) is 2.72. The van der Waals surface area contributed by atoms with Gasteiger partial charge in [-0.2, -0.15) is 5.10 Å². The summed E-state index contributed by atoms with van der Waals surface area (Å²) in [4.78, 5) is 18.6. The normalized spacial score (nSPS) is 10.5. The number of benzene rings is 1. The molecule has 0 spiro atoms. The Hall–Kier alpha value is -2.22. The predicted molar refractivity (Wildman–Crippen MR) is 93.7 cm³/mol. The van der Waals surface area contributed by atoms with Gasteiger partial charge < -0.3 is 4.90 Å². The SMILES string of the molecule is CN(C(=O)c1cn[nH]c1I)c1ccccc1-c1ccccn1. The zero-order valence-electron chi connectivity index (χ0n) is 11.8. The Morgan fingerprint density at radius 3 is 2.64 bits per heavy atom. The Morgan fingerprint density at radius 1 is 1.18 bits per heavy atom. The average Bonchev–Trinajstić information content (AvgIpc) is 3.00. The second-order valence-electron chi connectivity index (χ2n) is 4.69. The molecule has 0 aliphatic rings. The minimum atomic E-state index is -0.110. The number of pyridine rings is 1. The van der Waals surface area contributed by atoms with E-state index in [1.54, 1.807) is 24.3 Å². The van der Waals surface area contributed by atoms with E-state index in [2.05, 4.69) is 37.8 Å². The molecule has 0 radical (unpaired) electrons. The molecule has 0 saturated heterocycles. The smallest absolute Gasteiger partial charge is 0.262 e. The van der Waals surface area contributed by atoms with E-state index in [9.17, 15) is 4.79 Å². The topological polar surface area (TPSA) is 61.9 Å². The molecule has 22 heavy (non-hydrogen) atoms. The first-order valence-corrected chi connectivity index (χ1v) is 7.73. The number of carbonyl (C=O) groups excluding carboxylic acids is 1. The van der Waals surface area contributed by atoms with Gasteiger partial charge >= 0.3 is 0 Å². The molecule has 0 atom stereocenters. The van der Waals surface area contributed by atoms with Gasteiger partial charge in [0.25, 0.3) is 5.91 Å². The third-order valence-electron chi connectivity index (χ3n) is 3.33. The van der Waals surface area contributed by atoms with Crippen LogP contribution in [0, 0.1) is 3.70 Å². The number of aromatic nitrogens is 3. The largest absolute Gasteiger partial charge is 0.311 e. The molecule has 110 valence electrons. The number of aromatic amines is 1. The van der Waals surface area contributed by atoms with Gasteiger partial charge in [0.05, 0.1) is 23.1 Å². The molecule has 0 fully saturated rings. The summed E-state index contributed by atoms with van der Waals surface area (Å²) >= 11 is 2.07. The molecule has 1 N–H and O–H groups in total. The molecule has 2 heterocycles. The third-order valence-corrected chi connectivity index (χ3v) is 4.16. The number of H-pyrrole nitrogens is 1. The summed E-state index contributed by atoms with van der Waals surface area (Å²) < 4.78 is 0.727. The highest BCUT2D eigenvalue weighted by atomic mass is 127. The summed E-state index contributed by atoms with van der Waals surface area (Å²) in [5, 5.41) is 6.69. The third kappa shape index (κ3) is 2.74. The molecule has 1 amide bonds. The maximum Gasteiger partial charge on any atom is 0.262 e. The zero-order valence-corrected chi connectivity index (χ0v) is 14.0. The Labute approximate surface area is 141 Å². The van der Waals surface area contributed by atoms with Crippen LogP contribution in [0.3, 0.4) is 0 Å². The van der Waals surface area contributed by atoms with Crippen molar-refractivity contribution in [2.75, 3.05) is 11.9 Å². The zero-order chi connectivity index (χ0) is 15.5. The van der Waals surface area contributed by atoms with Gasteiger partial charge in [-0.1, -0.05) is 24.3 Å². The minimum Gasteiger partial charge on any atom is -0.311 e. The Kier molecular flexibility index (Phi) is 4.19. The molecule has 3 rings (SSSR count). The van der Waals surface area contributed by atoms with Crippen LogP contribution in [0.1, 0.15) is 10.4 Å². The number of hydrogen-bond donors (Lipinski definition) is 1. The summed E-state index contributed by atoms with van der Waals surface area (Å²) in [5.41, 5.74) is 3.11. The van der Waals surface area contributed by atoms with Crippen LogP contribution in [0.2, 0.25) is 0 Å². The molecule has 2 aromatic heterocycles. The number of nitrogens with one attached hydrogen (secondary N) is 1. The highest BCUT2D eigenvalue weighted by molar-refractivity contribution is 14.1. The lowest BCUT2D eigenvalue weighted by Gasteiger charge is -2.20. The van der Waals surface area contributed by atoms with Gasteiger partial charge in [-0.15, -0.1) is 0 Å². The van der Waals surface area contributed by atoms with Gasteiger partial charge in [-0.3, -0.25) is 14.9 Å². The van der Waals surface area contributed by atoms with Crippen LogP contribution in [0.15, 0.2) is 54.9 Å². The Balaban J connectivity index is 2.02. The van der Waals surface area contributed by atoms with Crippen molar-refractivity contribution in [3.8, 4) is 11.3 Å². The summed E-state index contributed by atoms with van der Waals surface area (Å²) in [5.74, 6) is -0.110. The minimum absolute atomic E-state index is 0.110. The van der Waals surface area contributed by atoms with Gasteiger partial charge in [-0.25, -0.2) is 0 Å². The highest BCUT2D eigenvalue weighted by Gasteiger charge is 2.20. The molecular formula is C16H13IN4O. The Bertz CT molecular complexity index is 801. The fraction of sp³-hybridized carbons (Fsp3) is 0.0625. The van der Waals surface area contributed by atoms with E-state index in [0.29, 0.717) is 5.56 Å². The van der Waals surface area contributed by atoms with E-state index in [1.165, 1.54) is 0 Å². The number of anilines is 1. The number of para-hydroxylation sites is 1. The van der Waals surface area contributed by atoms with E-state index >= 15 is 0 Å². The van der Waals surface area contributed by atoms with Crippen LogP contribution in [0.4, 0.5) is 5.69 Å². The van der Waals surface area contributed by atoms with Crippen molar-refractivity contribution in [1.29, 1.82) is 0 Å². The van der Waals surface area contributed by atoms with Crippen LogP contribution < -0.4 is 4.90 Å². The molecule has 3 aromatic rings. The first kappa shape index (κ1) is 14.7. The van der Waals surface area contributed by atoms with Crippen molar-refractivity contribution < 1.29 is 4.79 Å². The molecule has 5 nitrogen and oxygen atoms in total. The van der Waals surface area contributed by atoms with Gasteiger partial charge in [0.15, 0.2) is 0 Å². The standard InChI is InChI=1S/C16H13IN4O/c1-21(16(22)12-10-19-20-15(12)17)14-8-3-2-6-11(14)13-7-4-5-9-18-13/h2-10H,1H3,(H,19,20). The number of rotatable bonds is 3. The van der Waals surface area contributed by atoms with E-state index in [0.717, 1.165) is 20.6 Å². The number of hydrogen-bond acceptors (Lipinski definition) is 3. The van der Waals surface area contributed by atoms with Crippen LogP contribution in [0.25, 0.3) is 11.3 Å². The first-order valence-electron chi connectivity index (χ1n) is 6.66. The van der Waals surface area contributed by atoms with Crippen LogP contribution in [-0.2, 0) is 0 Å². The summed E-state index contributed by atoms with van der Waals surface area (Å²) in [6.07, 6.45) is 3.29. The van der Waals surface area contributed by atoms with Crippen LogP contribution in [-0.4, -0.2) is 28.1 Å². The van der Waals surface area contributed by atoms with Gasteiger partial charge in [0, 0.05) is 18.8 Å². The van der Waals surface area contributed by atoms with Crippen molar-refractivity contribution >= 4 is 34.2 Å². The lowest BCUT2D eigenvalue weighted by atomic mass is 10.1. The number of carbonyl (C=O) groups is 1. The van der Waals surface area contributed by atoms with Crippen molar-refractivity contribution in [2.24, 2.45) is 0 Å². The van der Waals surface area contributed by atoms with Crippen molar-refractivity contribution in [3.63, 3.8) is 0 Å². The van der Waals surface area contributed by atoms with E-state index in [-0.39, 0.29) is 5.91 Å². The molecule has 0 unspecified atom stereocenters. The second kappa shape index (κ2) is 6.27. The predicted octanol–water partition coefficient (Wildman–Crippen LogP) is 3.35. The number of amides is 1. The average molecular weight is 404 g/mol. The first-order chi connectivity index (χ1) is 10.7. The van der Waals surface area contributed by atoms with Gasteiger partial charge in [0.2, 0.25) is 0 Å². The fourth-order valence-electron chi connectivity index (χ4n) is 2.21. The number of nitrogens with zero attached hydrogens (tertiary/aromatic N) is 3. The highest BCUT2D eigenvalue weighted by Crippen LogP contribution is 2.29. The maximum absolute atomic E-state index is 12.7. The van der Waals surface area contributed by atoms with Crippen molar-refractivity contribution in [1.82, 2.24) is 15.2 Å². The quantitative estimate of drug-likeness (QED) is 0.682. The van der Waals surface area contributed by atoms with E-state index in [4.69, 9.17) is 0 Å². The van der Waals surface area contributed by atoms with Crippen LogP contribution in [0.5, 0.6) is 0 Å². The molecule has 0 aliphatic heterocycles. The Morgan fingerprint density at radius 2 is 1.95 bits per heavy atom. The number of halogens is 1. The van der Waals surface area contributed by atoms with Gasteiger partial charge in [0.1, 0.15) is 3.70 Å². The van der Waals surface area contributed by atoms with E-state index in [1.807, 2.05) is 42.5 Å². The summed E-state index contributed by atoms with van der Waals surface area (Å²) in [6.45, 7) is 0. The molecule has 6 heteroatoms.